The van der Waals surface area contributed by atoms with Crippen LogP contribution in [0, 0.1) is 0 Å². The highest BCUT2D eigenvalue weighted by Gasteiger charge is 2.21. The Bertz CT molecular complexity index is 444. The van der Waals surface area contributed by atoms with Gasteiger partial charge in [-0.3, -0.25) is 0 Å². The van der Waals surface area contributed by atoms with Crippen LogP contribution in [0.15, 0.2) is 24.3 Å². The number of carbonyl (C=O) groups is 1. The third kappa shape index (κ3) is 5.02. The van der Waals surface area contributed by atoms with Crippen LogP contribution >= 0.6 is 0 Å². The van der Waals surface area contributed by atoms with Crippen LogP contribution in [0.5, 0.6) is 5.75 Å². The minimum absolute atomic E-state index is 0. The second kappa shape index (κ2) is 7.50. The van der Waals surface area contributed by atoms with Crippen LogP contribution in [0.1, 0.15) is 25.5 Å². The van der Waals surface area contributed by atoms with Crippen molar-refractivity contribution in [1.29, 1.82) is 0 Å². The monoisotopic (exact) mass is 300 g/mol. The van der Waals surface area contributed by atoms with Crippen molar-refractivity contribution in [3.63, 3.8) is 0 Å². The fourth-order valence-electron chi connectivity index (χ4n) is 1.59. The van der Waals surface area contributed by atoms with Gasteiger partial charge in [0.25, 0.3) is 0 Å². The number of hydrogen-bond donors (Lipinski definition) is 0. The van der Waals surface area contributed by atoms with Gasteiger partial charge < -0.3 is 26.5 Å². The van der Waals surface area contributed by atoms with Gasteiger partial charge >= 0.3 is 6.09 Å². The Morgan fingerprint density at radius 1 is 1.35 bits per heavy atom. The van der Waals surface area contributed by atoms with Gasteiger partial charge in [0, 0.05) is 19.2 Å². The van der Waals surface area contributed by atoms with Crippen LogP contribution in [-0.2, 0) is 0 Å². The largest absolute Gasteiger partial charge is 1.00 e. The maximum Gasteiger partial charge on any atom is 0.414 e. The van der Waals surface area contributed by atoms with Crippen LogP contribution in [0.2, 0.25) is 0 Å². The van der Waals surface area contributed by atoms with E-state index >= 15 is 0 Å². The molecule has 0 unspecified atom stereocenters. The predicted molar refractivity (Wildman–Crippen MR) is 77.2 cm³/mol. The second-order valence-electron chi connectivity index (χ2n) is 5.75. The molecule has 0 N–H and O–H groups in total. The number of halogens is 1. The van der Waals surface area contributed by atoms with Gasteiger partial charge in [-0.25, -0.2) is 4.79 Å². The lowest BCUT2D eigenvalue weighted by Gasteiger charge is -2.32. The quantitative estimate of drug-likeness (QED) is 0.727. The molecule has 4 nitrogen and oxygen atoms in total. The van der Waals surface area contributed by atoms with E-state index in [-0.39, 0.29) is 18.5 Å². The molecule has 0 aliphatic rings. The highest BCUT2D eigenvalue weighted by atomic mass is 35.5. The summed E-state index contributed by atoms with van der Waals surface area (Å²) in [6, 6.07) is 8.08. The summed E-state index contributed by atoms with van der Waals surface area (Å²) in [7, 11) is 8.16. The third-order valence-electron chi connectivity index (χ3n) is 3.49. The number of rotatable bonds is 4. The zero-order valence-electron chi connectivity index (χ0n) is 13.2. The lowest BCUT2D eigenvalue weighted by molar-refractivity contribution is -0.900. The normalized spacial score (nSPS) is 12.3. The van der Waals surface area contributed by atoms with E-state index in [2.05, 4.69) is 34.1 Å². The summed E-state index contributed by atoms with van der Waals surface area (Å²) < 4.78 is 6.18. The molecule has 1 amide bonds. The van der Waals surface area contributed by atoms with Gasteiger partial charge in [-0.1, -0.05) is 12.1 Å². The zero-order chi connectivity index (χ0) is 14.6. The lowest BCUT2D eigenvalue weighted by Crippen LogP contribution is -3.00. The fraction of sp³-hybridized carbons (Fsp3) is 0.533. The SMILES string of the molecule is CCN(C)C(=O)Oc1cccc([C@H](C)[N+](C)(C)C)c1.[Cl-]. The Kier molecular flexibility index (Phi) is 7.03. The van der Waals surface area contributed by atoms with E-state index in [0.717, 1.165) is 10.0 Å². The number of quaternary nitrogens is 1. The number of carbonyl (C=O) groups excluding carboxylic acids is 1. The minimum Gasteiger partial charge on any atom is -1.00 e. The molecule has 114 valence electrons. The van der Waals surface area contributed by atoms with Gasteiger partial charge in [0.1, 0.15) is 11.8 Å². The second-order valence-corrected chi connectivity index (χ2v) is 5.75. The first-order valence-corrected chi connectivity index (χ1v) is 6.59. The van der Waals surface area contributed by atoms with Crippen molar-refractivity contribution in [3.8, 4) is 5.75 Å². The van der Waals surface area contributed by atoms with E-state index < -0.39 is 0 Å². The first kappa shape index (κ1) is 18.7. The van der Waals surface area contributed by atoms with E-state index in [0.29, 0.717) is 18.3 Å². The van der Waals surface area contributed by atoms with Crippen molar-refractivity contribution in [1.82, 2.24) is 4.90 Å². The summed E-state index contributed by atoms with van der Waals surface area (Å²) in [5, 5.41) is 0. The molecule has 1 rings (SSSR count). The first-order chi connectivity index (χ1) is 8.75. The molecule has 0 radical (unpaired) electrons. The van der Waals surface area contributed by atoms with Crippen molar-refractivity contribution in [2.24, 2.45) is 0 Å². The Balaban J connectivity index is 0.00000361. The van der Waals surface area contributed by atoms with Crippen LogP contribution in [0.3, 0.4) is 0 Å². The molecular weight excluding hydrogens is 276 g/mol. The van der Waals surface area contributed by atoms with Crippen molar-refractivity contribution < 1.29 is 26.4 Å². The Morgan fingerprint density at radius 2 is 1.95 bits per heavy atom. The van der Waals surface area contributed by atoms with E-state index in [1.54, 1.807) is 7.05 Å². The predicted octanol–water partition coefficient (Wildman–Crippen LogP) is -0.0917. The molecule has 1 aromatic carbocycles. The van der Waals surface area contributed by atoms with Gasteiger partial charge in [0.2, 0.25) is 0 Å². The fourth-order valence-corrected chi connectivity index (χ4v) is 1.59. The highest BCUT2D eigenvalue weighted by Crippen LogP contribution is 2.25. The Morgan fingerprint density at radius 3 is 2.45 bits per heavy atom. The highest BCUT2D eigenvalue weighted by molar-refractivity contribution is 5.70. The minimum atomic E-state index is -0.322. The van der Waals surface area contributed by atoms with Crippen LogP contribution in [0.4, 0.5) is 4.79 Å². The van der Waals surface area contributed by atoms with Gasteiger partial charge in [0.05, 0.1) is 21.1 Å². The molecule has 0 bridgehead atoms. The molecule has 1 aromatic rings. The molecule has 20 heavy (non-hydrogen) atoms. The Hall–Kier alpha value is -1.26. The average molecular weight is 301 g/mol. The molecule has 5 heteroatoms. The molecule has 0 fully saturated rings. The van der Waals surface area contributed by atoms with Gasteiger partial charge in [-0.05, 0) is 26.0 Å². The molecule has 1 atom stereocenters. The number of amides is 1. The maximum atomic E-state index is 11.7. The zero-order valence-corrected chi connectivity index (χ0v) is 13.9. The van der Waals surface area contributed by atoms with E-state index in [1.165, 1.54) is 4.90 Å². The maximum absolute atomic E-state index is 11.7. The summed E-state index contributed by atoms with van der Waals surface area (Å²) in [5.41, 5.74) is 1.16. The molecule has 0 aliphatic heterocycles. The number of nitrogens with zero attached hydrogens (tertiary/aromatic N) is 2. The van der Waals surface area contributed by atoms with Crippen molar-refractivity contribution in [2.45, 2.75) is 19.9 Å². The first-order valence-electron chi connectivity index (χ1n) is 6.59. The van der Waals surface area contributed by atoms with Gasteiger partial charge in [-0.15, -0.1) is 0 Å². The topological polar surface area (TPSA) is 29.5 Å². The van der Waals surface area contributed by atoms with Crippen LogP contribution < -0.4 is 17.1 Å². The number of hydrogen-bond acceptors (Lipinski definition) is 2. The van der Waals surface area contributed by atoms with E-state index in [9.17, 15) is 4.79 Å². The summed E-state index contributed by atoms with van der Waals surface area (Å²) in [6.07, 6.45) is -0.322. The molecule has 0 saturated carbocycles. The van der Waals surface area contributed by atoms with Gasteiger partial charge in [0.15, 0.2) is 0 Å². The number of ether oxygens (including phenoxy) is 1. The standard InChI is InChI=1S/C15H25N2O2.ClH/c1-7-16(3)15(18)19-14-10-8-9-13(11-14)12(2)17(4,5)6;/h8-12H,7H2,1-6H3;1H/q+1;/p-1/t12-;/m0./s1. The molecule has 0 aromatic heterocycles. The van der Waals surface area contributed by atoms with Gasteiger partial charge in [-0.2, -0.15) is 0 Å². The molecule has 0 aliphatic carbocycles. The van der Waals surface area contributed by atoms with Crippen molar-refractivity contribution in [2.75, 3.05) is 34.7 Å². The molecule has 0 saturated heterocycles. The smallest absolute Gasteiger partial charge is 0.414 e. The van der Waals surface area contributed by atoms with Crippen molar-refractivity contribution in [3.05, 3.63) is 29.8 Å². The van der Waals surface area contributed by atoms with E-state index in [4.69, 9.17) is 4.74 Å². The van der Waals surface area contributed by atoms with Crippen LogP contribution in [0.25, 0.3) is 0 Å². The lowest BCUT2D eigenvalue weighted by atomic mass is 10.1. The van der Waals surface area contributed by atoms with Crippen LogP contribution in [-0.4, -0.2) is 50.2 Å². The average Bonchev–Trinajstić information content (AvgIpc) is 2.36. The number of benzene rings is 1. The summed E-state index contributed by atoms with van der Waals surface area (Å²) >= 11 is 0. The van der Waals surface area contributed by atoms with E-state index in [1.807, 2.05) is 25.1 Å². The molecule has 0 spiro atoms. The molecule has 0 heterocycles. The van der Waals surface area contributed by atoms with Crippen molar-refractivity contribution >= 4 is 6.09 Å². The third-order valence-corrected chi connectivity index (χ3v) is 3.49. The summed E-state index contributed by atoms with van der Waals surface area (Å²) in [6.45, 7) is 4.71. The summed E-state index contributed by atoms with van der Waals surface area (Å²) in [5.74, 6) is 0.600. The summed E-state index contributed by atoms with van der Waals surface area (Å²) in [4.78, 5) is 13.3. The Labute approximate surface area is 128 Å². The molecular formula is C15H25ClN2O2.